The van der Waals surface area contributed by atoms with Gasteiger partial charge in [-0.2, -0.15) is 0 Å². The standard InChI is InChI=1S/C14H13BrFN/c1-10-4-3-7-17-14(10)9-13(15)11-5-2-6-12(16)8-11/h2-8,13H,9H2,1H3. The van der Waals surface area contributed by atoms with Crippen LogP contribution in [0.4, 0.5) is 4.39 Å². The van der Waals surface area contributed by atoms with E-state index in [2.05, 4.69) is 20.9 Å². The van der Waals surface area contributed by atoms with Gasteiger partial charge in [0.05, 0.1) is 0 Å². The summed E-state index contributed by atoms with van der Waals surface area (Å²) in [6.45, 7) is 2.04. The second-order valence-electron chi connectivity index (χ2n) is 3.99. The van der Waals surface area contributed by atoms with Crippen LogP contribution < -0.4 is 0 Å². The van der Waals surface area contributed by atoms with E-state index in [1.807, 2.05) is 25.1 Å². The number of aromatic nitrogens is 1. The van der Waals surface area contributed by atoms with Crippen LogP contribution in [-0.2, 0) is 6.42 Å². The van der Waals surface area contributed by atoms with Crippen molar-refractivity contribution in [3.05, 3.63) is 65.2 Å². The number of pyridine rings is 1. The molecule has 0 aliphatic heterocycles. The lowest BCUT2D eigenvalue weighted by Crippen LogP contribution is -2.00. The number of nitrogens with zero attached hydrogens (tertiary/aromatic N) is 1. The molecule has 0 fully saturated rings. The molecule has 88 valence electrons. The molecule has 0 N–H and O–H groups in total. The van der Waals surface area contributed by atoms with Gasteiger partial charge in [-0.05, 0) is 36.2 Å². The van der Waals surface area contributed by atoms with Crippen molar-refractivity contribution in [1.82, 2.24) is 4.98 Å². The largest absolute Gasteiger partial charge is 0.261 e. The molecule has 2 rings (SSSR count). The van der Waals surface area contributed by atoms with Gasteiger partial charge in [-0.3, -0.25) is 4.98 Å². The highest BCUT2D eigenvalue weighted by Crippen LogP contribution is 2.27. The van der Waals surface area contributed by atoms with E-state index in [1.54, 1.807) is 18.3 Å². The molecule has 1 nitrogen and oxygen atoms in total. The van der Waals surface area contributed by atoms with E-state index < -0.39 is 0 Å². The predicted molar refractivity (Wildman–Crippen MR) is 70.7 cm³/mol. The third-order valence-corrected chi connectivity index (χ3v) is 3.55. The van der Waals surface area contributed by atoms with E-state index in [0.29, 0.717) is 0 Å². The summed E-state index contributed by atoms with van der Waals surface area (Å²) < 4.78 is 13.1. The summed E-state index contributed by atoms with van der Waals surface area (Å²) in [7, 11) is 0. The zero-order chi connectivity index (χ0) is 12.3. The quantitative estimate of drug-likeness (QED) is 0.773. The van der Waals surface area contributed by atoms with Crippen molar-refractivity contribution in [3.63, 3.8) is 0 Å². The summed E-state index contributed by atoms with van der Waals surface area (Å²) in [6, 6.07) is 10.6. The van der Waals surface area contributed by atoms with Crippen LogP contribution in [0, 0.1) is 12.7 Å². The van der Waals surface area contributed by atoms with Crippen molar-refractivity contribution in [2.75, 3.05) is 0 Å². The van der Waals surface area contributed by atoms with E-state index in [-0.39, 0.29) is 10.6 Å². The molecule has 0 spiro atoms. The zero-order valence-corrected chi connectivity index (χ0v) is 11.1. The second kappa shape index (κ2) is 5.41. The Morgan fingerprint density at radius 1 is 1.29 bits per heavy atom. The molecule has 1 aromatic heterocycles. The molecule has 0 radical (unpaired) electrons. The van der Waals surface area contributed by atoms with Crippen LogP contribution in [0.5, 0.6) is 0 Å². The first-order valence-corrected chi connectivity index (χ1v) is 6.38. The summed E-state index contributed by atoms with van der Waals surface area (Å²) in [4.78, 5) is 4.43. The number of alkyl halides is 1. The molecular formula is C14H13BrFN. The number of halogens is 2. The Labute approximate surface area is 109 Å². The Morgan fingerprint density at radius 2 is 2.12 bits per heavy atom. The van der Waals surface area contributed by atoms with Gasteiger partial charge >= 0.3 is 0 Å². The SMILES string of the molecule is Cc1cccnc1CC(Br)c1cccc(F)c1. The molecule has 1 atom stereocenters. The van der Waals surface area contributed by atoms with Crippen LogP contribution in [0.15, 0.2) is 42.6 Å². The molecule has 3 heteroatoms. The summed E-state index contributed by atoms with van der Waals surface area (Å²) in [5.74, 6) is -0.204. The van der Waals surface area contributed by atoms with Crippen molar-refractivity contribution in [2.24, 2.45) is 0 Å². The first-order chi connectivity index (χ1) is 8.16. The van der Waals surface area contributed by atoms with Crippen molar-refractivity contribution in [3.8, 4) is 0 Å². The minimum atomic E-state index is -0.204. The number of hydrogen-bond donors (Lipinski definition) is 0. The molecule has 0 aliphatic carbocycles. The van der Waals surface area contributed by atoms with Gasteiger partial charge in [0, 0.05) is 23.1 Å². The van der Waals surface area contributed by atoms with Gasteiger partial charge in [-0.1, -0.05) is 34.1 Å². The average molecular weight is 294 g/mol. The third kappa shape index (κ3) is 3.13. The number of rotatable bonds is 3. The highest BCUT2D eigenvalue weighted by atomic mass is 79.9. The predicted octanol–water partition coefficient (Wildman–Crippen LogP) is 4.21. The van der Waals surface area contributed by atoms with Crippen LogP contribution in [-0.4, -0.2) is 4.98 Å². The molecule has 2 aromatic rings. The number of hydrogen-bond acceptors (Lipinski definition) is 1. The topological polar surface area (TPSA) is 12.9 Å². The molecule has 0 amide bonds. The van der Waals surface area contributed by atoms with E-state index >= 15 is 0 Å². The van der Waals surface area contributed by atoms with Crippen LogP contribution in [0.3, 0.4) is 0 Å². The Hall–Kier alpha value is -1.22. The Balaban J connectivity index is 2.17. The maximum atomic E-state index is 13.1. The summed E-state index contributed by atoms with van der Waals surface area (Å²) >= 11 is 3.58. The first kappa shape index (κ1) is 12.2. The van der Waals surface area contributed by atoms with E-state index in [1.165, 1.54) is 6.07 Å². The van der Waals surface area contributed by atoms with Crippen LogP contribution >= 0.6 is 15.9 Å². The molecule has 1 aromatic carbocycles. The van der Waals surface area contributed by atoms with Crippen LogP contribution in [0.2, 0.25) is 0 Å². The van der Waals surface area contributed by atoms with Gasteiger partial charge in [-0.25, -0.2) is 4.39 Å². The van der Waals surface area contributed by atoms with Gasteiger partial charge in [-0.15, -0.1) is 0 Å². The van der Waals surface area contributed by atoms with Crippen molar-refractivity contribution in [1.29, 1.82) is 0 Å². The Kier molecular flexibility index (Phi) is 3.89. The smallest absolute Gasteiger partial charge is 0.123 e. The molecule has 1 unspecified atom stereocenters. The number of aryl methyl sites for hydroxylation is 1. The van der Waals surface area contributed by atoms with Crippen LogP contribution in [0.1, 0.15) is 21.6 Å². The lowest BCUT2D eigenvalue weighted by Gasteiger charge is -2.11. The molecule has 0 bridgehead atoms. The summed E-state index contributed by atoms with van der Waals surface area (Å²) in [6.07, 6.45) is 2.55. The lowest BCUT2D eigenvalue weighted by atomic mass is 10.1. The Bertz CT molecular complexity index is 513. The Morgan fingerprint density at radius 3 is 2.82 bits per heavy atom. The van der Waals surface area contributed by atoms with E-state index in [0.717, 1.165) is 23.2 Å². The minimum absolute atomic E-state index is 0.0896. The van der Waals surface area contributed by atoms with Crippen molar-refractivity contribution >= 4 is 15.9 Å². The molecule has 1 heterocycles. The maximum absolute atomic E-state index is 13.1. The highest BCUT2D eigenvalue weighted by molar-refractivity contribution is 9.09. The minimum Gasteiger partial charge on any atom is -0.261 e. The van der Waals surface area contributed by atoms with E-state index in [9.17, 15) is 4.39 Å². The molecular weight excluding hydrogens is 281 g/mol. The summed E-state index contributed by atoms with van der Waals surface area (Å²) in [5.41, 5.74) is 3.14. The zero-order valence-electron chi connectivity index (χ0n) is 9.53. The third-order valence-electron chi connectivity index (χ3n) is 2.70. The van der Waals surface area contributed by atoms with Crippen LogP contribution in [0.25, 0.3) is 0 Å². The van der Waals surface area contributed by atoms with Crippen molar-refractivity contribution in [2.45, 2.75) is 18.2 Å². The fraction of sp³-hybridized carbons (Fsp3) is 0.214. The fourth-order valence-corrected chi connectivity index (χ4v) is 2.31. The average Bonchev–Trinajstić information content (AvgIpc) is 2.32. The highest BCUT2D eigenvalue weighted by Gasteiger charge is 2.11. The number of benzene rings is 1. The lowest BCUT2D eigenvalue weighted by molar-refractivity contribution is 0.625. The van der Waals surface area contributed by atoms with E-state index in [4.69, 9.17) is 0 Å². The van der Waals surface area contributed by atoms with Gasteiger partial charge in [0.1, 0.15) is 5.82 Å². The maximum Gasteiger partial charge on any atom is 0.123 e. The van der Waals surface area contributed by atoms with Gasteiger partial charge in [0.2, 0.25) is 0 Å². The normalized spacial score (nSPS) is 12.4. The molecule has 0 saturated heterocycles. The van der Waals surface area contributed by atoms with Gasteiger partial charge < -0.3 is 0 Å². The first-order valence-electron chi connectivity index (χ1n) is 5.47. The van der Waals surface area contributed by atoms with Gasteiger partial charge in [0.15, 0.2) is 0 Å². The van der Waals surface area contributed by atoms with Gasteiger partial charge in [0.25, 0.3) is 0 Å². The second-order valence-corrected chi connectivity index (χ2v) is 5.10. The van der Waals surface area contributed by atoms with Crippen molar-refractivity contribution < 1.29 is 4.39 Å². The monoisotopic (exact) mass is 293 g/mol. The molecule has 0 saturated carbocycles. The summed E-state index contributed by atoms with van der Waals surface area (Å²) in [5, 5.41) is 0. The molecule has 0 aliphatic rings. The molecule has 17 heavy (non-hydrogen) atoms. The fourth-order valence-electron chi connectivity index (χ4n) is 1.72.